The van der Waals surface area contributed by atoms with Gasteiger partial charge in [-0.15, -0.1) is 0 Å². The maximum atomic E-state index is 6.35. The average molecular weight is 430 g/mol. The maximum Gasteiger partial charge on any atom is 0.206 e. The highest BCUT2D eigenvalue weighted by Gasteiger charge is 2.43. The van der Waals surface area contributed by atoms with E-state index in [4.69, 9.17) is 32.7 Å². The van der Waals surface area contributed by atoms with Crippen LogP contribution in [0.4, 0.5) is 0 Å². The fourth-order valence-corrected chi connectivity index (χ4v) is 4.02. The predicted octanol–water partition coefficient (Wildman–Crippen LogP) is 5.90. The number of benzene rings is 2. The quantitative estimate of drug-likeness (QED) is 0.551. The van der Waals surface area contributed by atoms with Crippen molar-refractivity contribution in [3.8, 4) is 0 Å². The smallest absolute Gasteiger partial charge is 0.206 e. The molecule has 0 radical (unpaired) electrons. The number of alkyl halides is 1. The van der Waals surface area contributed by atoms with Gasteiger partial charge in [0.1, 0.15) is 0 Å². The van der Waals surface area contributed by atoms with Crippen LogP contribution in [-0.2, 0) is 21.7 Å². The van der Waals surface area contributed by atoms with E-state index >= 15 is 0 Å². The van der Waals surface area contributed by atoms with E-state index in [1.807, 2.05) is 6.07 Å². The zero-order valence-electron chi connectivity index (χ0n) is 13.4. The molecular weight excluding hydrogens is 411 g/mol. The summed E-state index contributed by atoms with van der Waals surface area (Å²) < 4.78 is 12.3. The largest absolute Gasteiger partial charge is 0.342 e. The summed E-state index contributed by atoms with van der Waals surface area (Å²) in [7, 11) is 0. The Balaban J connectivity index is 1.68. The van der Waals surface area contributed by atoms with Crippen molar-refractivity contribution < 1.29 is 9.47 Å². The van der Waals surface area contributed by atoms with Crippen molar-refractivity contribution in [2.75, 3.05) is 11.9 Å². The first kappa shape index (κ1) is 18.2. The third kappa shape index (κ3) is 3.97. The van der Waals surface area contributed by atoms with Crippen LogP contribution < -0.4 is 0 Å². The molecule has 2 unspecified atom stereocenters. The molecule has 2 aromatic carbocycles. The van der Waals surface area contributed by atoms with Crippen molar-refractivity contribution >= 4 is 39.1 Å². The Kier molecular flexibility index (Phi) is 5.89. The lowest BCUT2D eigenvalue weighted by atomic mass is 10.1. The second kappa shape index (κ2) is 7.76. The van der Waals surface area contributed by atoms with Gasteiger partial charge in [0.15, 0.2) is 0 Å². The molecule has 0 aromatic heterocycles. The third-order valence-electron chi connectivity index (χ3n) is 4.25. The molecule has 0 N–H and O–H groups in total. The molecule has 0 spiro atoms. The Bertz CT molecular complexity index is 705. The normalized spacial score (nSPS) is 23.6. The Morgan fingerprint density at radius 1 is 1.17 bits per heavy atom. The molecule has 0 bridgehead atoms. The maximum absolute atomic E-state index is 6.35. The number of hydrogen-bond donors (Lipinski definition) is 0. The summed E-state index contributed by atoms with van der Waals surface area (Å²) in [6.07, 6.45) is 1.90. The summed E-state index contributed by atoms with van der Waals surface area (Å²) in [5, 5.41) is 1.67. The topological polar surface area (TPSA) is 18.5 Å². The van der Waals surface area contributed by atoms with Crippen molar-refractivity contribution in [2.45, 2.75) is 31.7 Å². The molecule has 0 saturated carbocycles. The summed E-state index contributed by atoms with van der Waals surface area (Å²) in [6, 6.07) is 14.0. The summed E-state index contributed by atoms with van der Waals surface area (Å²) >= 11 is 15.9. The lowest BCUT2D eigenvalue weighted by Gasteiger charge is -2.27. The second-order valence-corrected chi connectivity index (χ2v) is 7.49. The molecule has 1 saturated heterocycles. The SMILES string of the molecule is Cc1ccc(CCC2COC(CBr)(c3ccc(Cl)cc3Cl)O2)cc1. The lowest BCUT2D eigenvalue weighted by Crippen LogP contribution is -2.30. The van der Waals surface area contributed by atoms with Crippen molar-refractivity contribution in [3.63, 3.8) is 0 Å². The first-order chi connectivity index (χ1) is 11.5. The van der Waals surface area contributed by atoms with E-state index < -0.39 is 5.79 Å². The van der Waals surface area contributed by atoms with E-state index in [2.05, 4.69) is 47.1 Å². The van der Waals surface area contributed by atoms with Crippen molar-refractivity contribution in [2.24, 2.45) is 0 Å². The monoisotopic (exact) mass is 428 g/mol. The first-order valence-electron chi connectivity index (χ1n) is 7.91. The van der Waals surface area contributed by atoms with Crippen LogP contribution in [-0.4, -0.2) is 18.0 Å². The third-order valence-corrected chi connectivity index (χ3v) is 5.54. The second-order valence-electron chi connectivity index (χ2n) is 6.09. The molecule has 0 aliphatic carbocycles. The Labute approximate surface area is 161 Å². The van der Waals surface area contributed by atoms with E-state index in [-0.39, 0.29) is 6.10 Å². The van der Waals surface area contributed by atoms with Crippen molar-refractivity contribution in [3.05, 3.63) is 69.2 Å². The molecule has 2 aromatic rings. The predicted molar refractivity (Wildman–Crippen MR) is 102 cm³/mol. The van der Waals surface area contributed by atoms with Gasteiger partial charge in [0, 0.05) is 10.6 Å². The zero-order valence-corrected chi connectivity index (χ0v) is 16.5. The van der Waals surface area contributed by atoms with Crippen LogP contribution in [0, 0.1) is 6.92 Å². The molecule has 24 heavy (non-hydrogen) atoms. The number of ether oxygens (including phenoxy) is 2. The van der Waals surface area contributed by atoms with Gasteiger partial charge >= 0.3 is 0 Å². The van der Waals surface area contributed by atoms with Gasteiger partial charge in [-0.1, -0.05) is 75.0 Å². The molecular formula is C19H19BrCl2O2. The highest BCUT2D eigenvalue weighted by molar-refractivity contribution is 9.09. The standard InChI is InChI=1S/C19H19BrCl2O2/c1-13-2-4-14(5-3-13)6-8-16-11-23-19(12-20,24-16)17-9-7-15(21)10-18(17)22/h2-5,7,9-10,16H,6,8,11-12H2,1H3. The molecule has 2 nitrogen and oxygen atoms in total. The zero-order chi connectivity index (χ0) is 17.2. The van der Waals surface area contributed by atoms with Gasteiger partial charge < -0.3 is 9.47 Å². The summed E-state index contributed by atoms with van der Waals surface area (Å²) in [5.74, 6) is -0.848. The van der Waals surface area contributed by atoms with Crippen molar-refractivity contribution in [1.29, 1.82) is 0 Å². The van der Waals surface area contributed by atoms with Crippen LogP contribution in [0.3, 0.4) is 0 Å². The Hall–Kier alpha value is -0.580. The molecule has 1 aliphatic heterocycles. The molecule has 5 heteroatoms. The highest BCUT2D eigenvalue weighted by Crippen LogP contribution is 2.41. The summed E-state index contributed by atoms with van der Waals surface area (Å²) in [6.45, 7) is 2.65. The highest BCUT2D eigenvalue weighted by atomic mass is 79.9. The fourth-order valence-electron chi connectivity index (χ4n) is 2.87. The van der Waals surface area contributed by atoms with E-state index in [0.29, 0.717) is 22.0 Å². The molecule has 1 aliphatic rings. The number of rotatable bonds is 5. The van der Waals surface area contributed by atoms with Gasteiger partial charge in [-0.3, -0.25) is 0 Å². The van der Waals surface area contributed by atoms with Crippen LogP contribution in [0.25, 0.3) is 0 Å². The van der Waals surface area contributed by atoms with Gasteiger partial charge in [-0.05, 0) is 37.5 Å². The first-order valence-corrected chi connectivity index (χ1v) is 9.79. The van der Waals surface area contributed by atoms with Gasteiger partial charge in [-0.2, -0.15) is 0 Å². The molecule has 128 valence electrons. The van der Waals surface area contributed by atoms with Crippen LogP contribution in [0.2, 0.25) is 10.0 Å². The minimum absolute atomic E-state index is 0.0376. The fraction of sp³-hybridized carbons (Fsp3) is 0.368. The van der Waals surface area contributed by atoms with E-state index in [1.54, 1.807) is 12.1 Å². The Morgan fingerprint density at radius 3 is 2.58 bits per heavy atom. The Morgan fingerprint density at radius 2 is 1.92 bits per heavy atom. The number of halogens is 3. The molecule has 1 fully saturated rings. The van der Waals surface area contributed by atoms with E-state index in [0.717, 1.165) is 18.4 Å². The van der Waals surface area contributed by atoms with Gasteiger partial charge in [0.25, 0.3) is 0 Å². The van der Waals surface area contributed by atoms with Crippen LogP contribution in [0.1, 0.15) is 23.1 Å². The lowest BCUT2D eigenvalue weighted by molar-refractivity contribution is -0.157. The van der Waals surface area contributed by atoms with E-state index in [1.165, 1.54) is 11.1 Å². The van der Waals surface area contributed by atoms with Gasteiger partial charge in [0.05, 0.1) is 23.1 Å². The molecule has 2 atom stereocenters. The summed E-state index contributed by atoms with van der Waals surface area (Å²) in [5.41, 5.74) is 3.39. The van der Waals surface area contributed by atoms with E-state index in [9.17, 15) is 0 Å². The summed E-state index contributed by atoms with van der Waals surface area (Å²) in [4.78, 5) is 0. The van der Waals surface area contributed by atoms with Crippen LogP contribution in [0.15, 0.2) is 42.5 Å². The molecule has 1 heterocycles. The van der Waals surface area contributed by atoms with Gasteiger partial charge in [0.2, 0.25) is 5.79 Å². The number of aryl methyl sites for hydroxylation is 2. The minimum Gasteiger partial charge on any atom is -0.342 e. The van der Waals surface area contributed by atoms with Crippen molar-refractivity contribution in [1.82, 2.24) is 0 Å². The van der Waals surface area contributed by atoms with Gasteiger partial charge in [-0.25, -0.2) is 0 Å². The minimum atomic E-state index is -0.848. The van der Waals surface area contributed by atoms with Crippen LogP contribution >= 0.6 is 39.1 Å². The molecule has 3 rings (SSSR count). The molecule has 0 amide bonds. The average Bonchev–Trinajstić information content (AvgIpc) is 2.99. The number of hydrogen-bond acceptors (Lipinski definition) is 2. The van der Waals surface area contributed by atoms with Crippen LogP contribution in [0.5, 0.6) is 0 Å².